The fourth-order valence-electron chi connectivity index (χ4n) is 3.81. The zero-order valence-corrected chi connectivity index (χ0v) is 20.7. The Labute approximate surface area is 209 Å². The molecule has 36 heavy (non-hydrogen) atoms. The summed E-state index contributed by atoms with van der Waals surface area (Å²) in [5, 5.41) is 17.7. The molecule has 10 heteroatoms. The lowest BCUT2D eigenvalue weighted by Crippen LogP contribution is -2.22. The highest BCUT2D eigenvalue weighted by molar-refractivity contribution is 5.86. The van der Waals surface area contributed by atoms with Gasteiger partial charge in [-0.2, -0.15) is 0 Å². The maximum atomic E-state index is 10.2. The van der Waals surface area contributed by atoms with Crippen LogP contribution < -0.4 is 16.2 Å². The molecule has 0 fully saturated rings. The predicted octanol–water partition coefficient (Wildman–Crippen LogP) is 2.79. The molecule has 0 aliphatic heterocycles. The van der Waals surface area contributed by atoms with Crippen molar-refractivity contribution in [1.82, 2.24) is 24.8 Å². The first-order valence-electron chi connectivity index (χ1n) is 11.9. The van der Waals surface area contributed by atoms with Crippen molar-refractivity contribution in [3.8, 4) is 29.2 Å². The largest absolute Gasteiger partial charge is 0.477 e. The number of rotatable bonds is 9. The number of aliphatic hydroxyl groups is 1. The fourth-order valence-corrected chi connectivity index (χ4v) is 3.81. The number of aryl methyl sites for hydroxylation is 2. The van der Waals surface area contributed by atoms with Gasteiger partial charge in [0.05, 0.1) is 12.1 Å². The van der Waals surface area contributed by atoms with Gasteiger partial charge in [0.1, 0.15) is 16.8 Å². The zero-order chi connectivity index (χ0) is 25.7. The molecule has 0 bridgehead atoms. The van der Waals surface area contributed by atoms with Gasteiger partial charge in [0.2, 0.25) is 5.88 Å². The van der Waals surface area contributed by atoms with Crippen LogP contribution in [0.5, 0.6) is 5.88 Å². The summed E-state index contributed by atoms with van der Waals surface area (Å²) in [7, 11) is 0. The third-order valence-electron chi connectivity index (χ3n) is 5.73. The molecule has 1 unspecified atom stereocenters. The molecule has 188 valence electrons. The number of aromatic nitrogens is 5. The minimum absolute atomic E-state index is 0.137. The van der Waals surface area contributed by atoms with Gasteiger partial charge in [0, 0.05) is 18.5 Å². The highest BCUT2D eigenvalue weighted by atomic mass is 16.6. The van der Waals surface area contributed by atoms with Gasteiger partial charge in [-0.3, -0.25) is 0 Å². The van der Waals surface area contributed by atoms with Gasteiger partial charge in [-0.15, -0.1) is 0 Å². The van der Waals surface area contributed by atoms with Gasteiger partial charge < -0.3 is 25.9 Å². The quantitative estimate of drug-likeness (QED) is 0.301. The van der Waals surface area contributed by atoms with Crippen LogP contribution in [0.4, 0.5) is 5.82 Å². The Morgan fingerprint density at radius 3 is 2.61 bits per heavy atom. The first kappa shape index (κ1) is 25.2. The number of hydrogen-bond acceptors (Lipinski definition) is 9. The van der Waals surface area contributed by atoms with Crippen molar-refractivity contribution in [2.45, 2.75) is 45.8 Å². The van der Waals surface area contributed by atoms with E-state index in [2.05, 4.69) is 39.3 Å². The van der Waals surface area contributed by atoms with Crippen LogP contribution in [0.2, 0.25) is 0 Å². The Balaban J connectivity index is 1.67. The Morgan fingerprint density at radius 1 is 1.19 bits per heavy atom. The van der Waals surface area contributed by atoms with Crippen molar-refractivity contribution in [3.05, 3.63) is 47.7 Å². The SMILES string of the molecule is CCn1c(-c2nonc2N)nc2c(C#CC(C)(C)O)nc(OCC(CN)CCc3ccccc3)cc21. The molecule has 10 nitrogen and oxygen atoms in total. The van der Waals surface area contributed by atoms with Crippen LogP contribution in [-0.4, -0.2) is 48.7 Å². The summed E-state index contributed by atoms with van der Waals surface area (Å²) in [6.45, 7) is 6.67. The molecule has 1 aromatic carbocycles. The minimum Gasteiger partial charge on any atom is -0.477 e. The Bertz CT molecular complexity index is 1380. The molecule has 0 aliphatic carbocycles. The number of nitrogens with zero attached hydrogens (tertiary/aromatic N) is 5. The number of fused-ring (bicyclic) bond motifs is 1. The van der Waals surface area contributed by atoms with Crippen LogP contribution in [0.1, 0.15) is 38.4 Å². The van der Waals surface area contributed by atoms with Crippen molar-refractivity contribution >= 4 is 16.9 Å². The van der Waals surface area contributed by atoms with E-state index in [4.69, 9.17) is 25.8 Å². The normalized spacial score (nSPS) is 12.4. The van der Waals surface area contributed by atoms with Gasteiger partial charge in [-0.05, 0) is 62.0 Å². The second-order valence-electron chi connectivity index (χ2n) is 9.10. The lowest BCUT2D eigenvalue weighted by atomic mass is 10.0. The number of pyridine rings is 1. The smallest absolute Gasteiger partial charge is 0.216 e. The molecule has 0 amide bonds. The van der Waals surface area contributed by atoms with Gasteiger partial charge in [0.25, 0.3) is 0 Å². The van der Waals surface area contributed by atoms with E-state index in [-0.39, 0.29) is 11.7 Å². The molecule has 0 saturated heterocycles. The maximum absolute atomic E-state index is 10.2. The van der Waals surface area contributed by atoms with E-state index in [1.165, 1.54) is 5.56 Å². The molecule has 1 atom stereocenters. The number of nitrogen functional groups attached to an aromatic ring is 1. The zero-order valence-electron chi connectivity index (χ0n) is 20.7. The molecule has 0 spiro atoms. The van der Waals surface area contributed by atoms with Crippen LogP contribution in [-0.2, 0) is 13.0 Å². The lowest BCUT2D eigenvalue weighted by Gasteiger charge is -2.16. The van der Waals surface area contributed by atoms with Crippen molar-refractivity contribution in [1.29, 1.82) is 0 Å². The number of imidazole rings is 1. The van der Waals surface area contributed by atoms with Crippen molar-refractivity contribution in [2.75, 3.05) is 18.9 Å². The third kappa shape index (κ3) is 5.82. The molecule has 3 heterocycles. The molecule has 0 radical (unpaired) electrons. The Morgan fingerprint density at radius 2 is 1.97 bits per heavy atom. The number of anilines is 1. The molecule has 3 aromatic heterocycles. The molecular weight excluding hydrogens is 458 g/mol. The topological polar surface area (TPSA) is 151 Å². The summed E-state index contributed by atoms with van der Waals surface area (Å²) in [5.41, 5.74) is 14.0. The Hall–Kier alpha value is -3.94. The predicted molar refractivity (Wildman–Crippen MR) is 137 cm³/mol. The molecule has 0 aliphatic rings. The van der Waals surface area contributed by atoms with Gasteiger partial charge in [-0.1, -0.05) is 36.3 Å². The molecule has 4 aromatic rings. The summed E-state index contributed by atoms with van der Waals surface area (Å²) in [4.78, 5) is 9.31. The van der Waals surface area contributed by atoms with E-state index in [1.54, 1.807) is 13.8 Å². The number of hydrogen-bond donors (Lipinski definition) is 3. The van der Waals surface area contributed by atoms with Crippen LogP contribution in [0.3, 0.4) is 0 Å². The van der Waals surface area contributed by atoms with E-state index in [0.29, 0.717) is 48.3 Å². The minimum atomic E-state index is -1.20. The second kappa shape index (κ2) is 10.8. The highest BCUT2D eigenvalue weighted by Gasteiger charge is 2.22. The van der Waals surface area contributed by atoms with E-state index < -0.39 is 5.60 Å². The van der Waals surface area contributed by atoms with Gasteiger partial charge in [0.15, 0.2) is 17.3 Å². The average molecular weight is 490 g/mol. The summed E-state index contributed by atoms with van der Waals surface area (Å²) >= 11 is 0. The summed E-state index contributed by atoms with van der Waals surface area (Å²) < 4.78 is 12.8. The number of benzene rings is 1. The maximum Gasteiger partial charge on any atom is 0.216 e. The number of nitrogens with two attached hydrogens (primary N) is 2. The van der Waals surface area contributed by atoms with Crippen LogP contribution >= 0.6 is 0 Å². The fraction of sp³-hybridized carbons (Fsp3) is 0.385. The van der Waals surface area contributed by atoms with Gasteiger partial charge >= 0.3 is 0 Å². The van der Waals surface area contributed by atoms with E-state index in [9.17, 15) is 5.11 Å². The van der Waals surface area contributed by atoms with Crippen LogP contribution in [0.25, 0.3) is 22.6 Å². The third-order valence-corrected chi connectivity index (χ3v) is 5.73. The molecule has 0 saturated carbocycles. The summed E-state index contributed by atoms with van der Waals surface area (Å²) in [5.74, 6) is 6.94. The van der Waals surface area contributed by atoms with Crippen molar-refractivity contribution in [2.24, 2.45) is 11.7 Å². The average Bonchev–Trinajstić information content (AvgIpc) is 3.45. The number of ether oxygens (including phenoxy) is 1. The molecule has 4 rings (SSSR count). The van der Waals surface area contributed by atoms with Gasteiger partial charge in [-0.25, -0.2) is 14.6 Å². The Kier molecular flexibility index (Phi) is 7.52. The van der Waals surface area contributed by atoms with Crippen LogP contribution in [0, 0.1) is 17.8 Å². The summed E-state index contributed by atoms with van der Waals surface area (Å²) in [6.07, 6.45) is 1.81. The first-order valence-corrected chi connectivity index (χ1v) is 11.9. The molecule has 5 N–H and O–H groups in total. The monoisotopic (exact) mass is 489 g/mol. The van der Waals surface area contributed by atoms with E-state index in [0.717, 1.165) is 18.4 Å². The first-order chi connectivity index (χ1) is 17.3. The van der Waals surface area contributed by atoms with Crippen LogP contribution in [0.15, 0.2) is 41.0 Å². The van der Waals surface area contributed by atoms with E-state index >= 15 is 0 Å². The van der Waals surface area contributed by atoms with E-state index in [1.807, 2.05) is 35.8 Å². The lowest BCUT2D eigenvalue weighted by molar-refractivity contribution is 0.143. The standard InChI is InChI=1S/C26H31N7O3/c1-4-33-20-14-21(35-16-18(15-27)11-10-17-8-6-5-7-9-17)29-19(12-13-26(2,3)34)22(20)30-25(33)23-24(28)32-36-31-23/h5-9,14,18,34H,4,10-11,15-16,27H2,1-3H3,(H2,28,32). The highest BCUT2D eigenvalue weighted by Crippen LogP contribution is 2.30. The van der Waals surface area contributed by atoms with Crippen molar-refractivity contribution in [3.63, 3.8) is 0 Å². The summed E-state index contributed by atoms with van der Waals surface area (Å²) in [6, 6.07) is 12.1. The second-order valence-corrected chi connectivity index (χ2v) is 9.10. The van der Waals surface area contributed by atoms with Crippen molar-refractivity contribution < 1.29 is 14.5 Å². The molecular formula is C26H31N7O3.